The Morgan fingerprint density at radius 1 is 1.36 bits per heavy atom. The van der Waals surface area contributed by atoms with Crippen LogP contribution < -0.4 is 10.2 Å². The zero-order valence-electron chi connectivity index (χ0n) is 13.4. The minimum Gasteiger partial charge on any atom is -0.481 e. The Morgan fingerprint density at radius 3 is 2.76 bits per heavy atom. The normalized spacial score (nSPS) is 22.6. The summed E-state index contributed by atoms with van der Waals surface area (Å²) in [6.07, 6.45) is 1.36. The summed E-state index contributed by atoms with van der Waals surface area (Å²) < 4.78 is 5.34. The lowest BCUT2D eigenvalue weighted by Crippen LogP contribution is -2.36. The standard InChI is InChI=1S/C16H18N4O4S/c21-14(22)9-13-15(23)18-16(25-13)19-17-10-11-1-3-12(4-2-11)20-5-7-24-8-6-20/h1-4,10,13H,5-9H2,(H,21,22)(H,18,19,23)/b17-10-. The number of nitrogens with one attached hydrogen (secondary N) is 1. The maximum atomic E-state index is 11.6. The van der Waals surface area contributed by atoms with E-state index in [-0.39, 0.29) is 12.3 Å². The SMILES string of the molecule is O=C(O)CC1S/C(=N/N=C\c2ccc(N3CCOCC3)cc2)NC1=O. The third-order valence-electron chi connectivity index (χ3n) is 3.76. The summed E-state index contributed by atoms with van der Waals surface area (Å²) in [5.74, 6) is -1.37. The molecule has 0 aliphatic carbocycles. The molecule has 1 atom stereocenters. The second kappa shape index (κ2) is 8.13. The summed E-state index contributed by atoms with van der Waals surface area (Å²) in [4.78, 5) is 24.5. The molecule has 0 radical (unpaired) electrons. The van der Waals surface area contributed by atoms with Gasteiger partial charge in [-0.15, -0.1) is 5.10 Å². The van der Waals surface area contributed by atoms with E-state index in [2.05, 4.69) is 20.4 Å². The molecule has 2 fully saturated rings. The molecule has 25 heavy (non-hydrogen) atoms. The van der Waals surface area contributed by atoms with E-state index in [9.17, 15) is 9.59 Å². The van der Waals surface area contributed by atoms with Crippen molar-refractivity contribution in [3.8, 4) is 0 Å². The van der Waals surface area contributed by atoms with Gasteiger partial charge in [-0.3, -0.25) is 9.59 Å². The molecule has 2 aliphatic rings. The topological polar surface area (TPSA) is 104 Å². The first-order valence-corrected chi connectivity index (χ1v) is 8.73. The van der Waals surface area contributed by atoms with Crippen molar-refractivity contribution in [3.05, 3.63) is 29.8 Å². The average molecular weight is 362 g/mol. The van der Waals surface area contributed by atoms with Crippen LogP contribution in [-0.4, -0.2) is 59.9 Å². The van der Waals surface area contributed by atoms with Crippen LogP contribution in [0.25, 0.3) is 0 Å². The van der Waals surface area contributed by atoms with Crippen LogP contribution in [0.15, 0.2) is 34.5 Å². The number of carboxylic acids is 1. The van der Waals surface area contributed by atoms with E-state index in [1.165, 1.54) is 0 Å². The Kier molecular flexibility index (Phi) is 5.67. The van der Waals surface area contributed by atoms with Crippen LogP contribution in [0.3, 0.4) is 0 Å². The number of ether oxygens (including phenoxy) is 1. The van der Waals surface area contributed by atoms with Gasteiger partial charge in [0.2, 0.25) is 5.91 Å². The molecule has 2 N–H and O–H groups in total. The van der Waals surface area contributed by atoms with E-state index in [0.29, 0.717) is 5.17 Å². The Bertz CT molecular complexity index is 699. The van der Waals surface area contributed by atoms with E-state index >= 15 is 0 Å². The number of carboxylic acid groups (broad SMARTS) is 1. The smallest absolute Gasteiger partial charge is 0.305 e. The van der Waals surface area contributed by atoms with Gasteiger partial charge in [0.1, 0.15) is 5.25 Å². The number of hydrogen-bond acceptors (Lipinski definition) is 7. The second-order valence-corrected chi connectivity index (χ2v) is 6.73. The van der Waals surface area contributed by atoms with Crippen molar-refractivity contribution < 1.29 is 19.4 Å². The van der Waals surface area contributed by atoms with Gasteiger partial charge in [-0.05, 0) is 17.7 Å². The van der Waals surface area contributed by atoms with Crippen LogP contribution in [0.4, 0.5) is 5.69 Å². The molecular formula is C16H18N4O4S. The van der Waals surface area contributed by atoms with E-state index in [1.54, 1.807) is 6.21 Å². The van der Waals surface area contributed by atoms with E-state index in [0.717, 1.165) is 49.3 Å². The Labute approximate surface area is 148 Å². The van der Waals surface area contributed by atoms with Gasteiger partial charge < -0.3 is 20.1 Å². The number of anilines is 1. The lowest BCUT2D eigenvalue weighted by molar-refractivity contribution is -0.138. The highest BCUT2D eigenvalue weighted by Gasteiger charge is 2.32. The summed E-state index contributed by atoms with van der Waals surface area (Å²) in [6.45, 7) is 3.25. The zero-order valence-corrected chi connectivity index (χ0v) is 14.2. The van der Waals surface area contributed by atoms with Crippen molar-refractivity contribution in [2.75, 3.05) is 31.2 Å². The molecule has 0 saturated carbocycles. The number of amides is 1. The van der Waals surface area contributed by atoms with E-state index in [4.69, 9.17) is 9.84 Å². The predicted molar refractivity (Wildman–Crippen MR) is 96.3 cm³/mol. The highest BCUT2D eigenvalue weighted by Crippen LogP contribution is 2.22. The summed E-state index contributed by atoms with van der Waals surface area (Å²) in [5.41, 5.74) is 2.03. The fourth-order valence-corrected chi connectivity index (χ4v) is 3.40. The van der Waals surface area contributed by atoms with Crippen molar-refractivity contribution in [2.24, 2.45) is 10.2 Å². The zero-order chi connectivity index (χ0) is 17.6. The molecule has 1 unspecified atom stereocenters. The van der Waals surface area contributed by atoms with Crippen LogP contribution in [0.1, 0.15) is 12.0 Å². The molecule has 3 rings (SSSR count). The Morgan fingerprint density at radius 2 is 2.08 bits per heavy atom. The molecule has 2 heterocycles. The Hall–Kier alpha value is -2.39. The summed E-state index contributed by atoms with van der Waals surface area (Å²) >= 11 is 1.08. The maximum absolute atomic E-state index is 11.6. The number of rotatable bonds is 5. The highest BCUT2D eigenvalue weighted by atomic mass is 32.2. The minimum atomic E-state index is -1.02. The monoisotopic (exact) mass is 362 g/mol. The van der Waals surface area contributed by atoms with Gasteiger partial charge in [-0.1, -0.05) is 23.9 Å². The minimum absolute atomic E-state index is 0.234. The van der Waals surface area contributed by atoms with Crippen LogP contribution >= 0.6 is 11.8 Å². The number of hydrogen-bond donors (Lipinski definition) is 2. The third kappa shape index (κ3) is 4.80. The van der Waals surface area contributed by atoms with Crippen molar-refractivity contribution in [2.45, 2.75) is 11.7 Å². The predicted octanol–water partition coefficient (Wildman–Crippen LogP) is 0.919. The molecule has 2 saturated heterocycles. The average Bonchev–Trinajstić information content (AvgIpc) is 2.95. The van der Waals surface area contributed by atoms with Gasteiger partial charge in [-0.2, -0.15) is 5.10 Å². The molecule has 8 nitrogen and oxygen atoms in total. The first-order valence-electron chi connectivity index (χ1n) is 7.85. The molecule has 1 amide bonds. The Balaban J connectivity index is 1.57. The molecule has 1 aromatic rings. The van der Waals surface area contributed by atoms with Crippen molar-refractivity contribution in [1.29, 1.82) is 0 Å². The number of aliphatic carboxylic acids is 1. The molecule has 0 bridgehead atoms. The summed E-state index contributed by atoms with van der Waals surface area (Å²) in [5, 5.41) is 18.8. The van der Waals surface area contributed by atoms with Gasteiger partial charge >= 0.3 is 5.97 Å². The first-order chi connectivity index (χ1) is 12.1. The maximum Gasteiger partial charge on any atom is 0.305 e. The fourth-order valence-electron chi connectivity index (χ4n) is 2.49. The number of carbonyl (C=O) groups excluding carboxylic acids is 1. The molecule has 1 aromatic carbocycles. The lowest BCUT2D eigenvalue weighted by Gasteiger charge is -2.28. The van der Waals surface area contributed by atoms with E-state index < -0.39 is 11.2 Å². The fraction of sp³-hybridized carbons (Fsp3) is 0.375. The van der Waals surface area contributed by atoms with Crippen LogP contribution in [-0.2, 0) is 14.3 Å². The molecular weight excluding hydrogens is 344 g/mol. The van der Waals surface area contributed by atoms with Crippen molar-refractivity contribution >= 4 is 40.7 Å². The summed E-state index contributed by atoms with van der Waals surface area (Å²) in [6, 6.07) is 7.94. The quantitative estimate of drug-likeness (QED) is 0.596. The largest absolute Gasteiger partial charge is 0.481 e. The number of morpholine rings is 1. The molecule has 132 valence electrons. The number of nitrogens with zero attached hydrogens (tertiary/aromatic N) is 3. The summed E-state index contributed by atoms with van der Waals surface area (Å²) in [7, 11) is 0. The van der Waals surface area contributed by atoms with Crippen LogP contribution in [0.2, 0.25) is 0 Å². The van der Waals surface area contributed by atoms with Crippen LogP contribution in [0.5, 0.6) is 0 Å². The lowest BCUT2D eigenvalue weighted by atomic mass is 10.2. The second-order valence-electron chi connectivity index (χ2n) is 5.53. The number of carbonyl (C=O) groups is 2. The van der Waals surface area contributed by atoms with Gasteiger partial charge in [-0.25, -0.2) is 0 Å². The van der Waals surface area contributed by atoms with Gasteiger partial charge in [0.25, 0.3) is 0 Å². The number of benzene rings is 1. The van der Waals surface area contributed by atoms with Crippen LogP contribution in [0, 0.1) is 0 Å². The molecule has 0 aromatic heterocycles. The number of thioether (sulfide) groups is 1. The highest BCUT2D eigenvalue weighted by molar-refractivity contribution is 8.15. The van der Waals surface area contributed by atoms with Gasteiger partial charge in [0.15, 0.2) is 5.17 Å². The van der Waals surface area contributed by atoms with E-state index in [1.807, 2.05) is 24.3 Å². The molecule has 2 aliphatic heterocycles. The van der Waals surface area contributed by atoms with Crippen molar-refractivity contribution in [3.63, 3.8) is 0 Å². The van der Waals surface area contributed by atoms with Crippen molar-refractivity contribution in [1.82, 2.24) is 5.32 Å². The number of amidine groups is 1. The third-order valence-corrected chi connectivity index (χ3v) is 4.83. The molecule has 9 heteroatoms. The van der Waals surface area contributed by atoms with Gasteiger partial charge in [0, 0.05) is 18.8 Å². The molecule has 0 spiro atoms. The van der Waals surface area contributed by atoms with Gasteiger partial charge in [0.05, 0.1) is 25.8 Å². The first kappa shape index (κ1) is 17.4.